The molecular weight excluding hydrogens is 134 g/mol. The molecule has 0 aromatic carbocycles. The number of hydrogen-bond donors (Lipinski definition) is 0. The summed E-state index contributed by atoms with van der Waals surface area (Å²) in [6.07, 6.45) is 4.08. The second-order valence-corrected chi connectivity index (χ2v) is 3.98. The van der Waals surface area contributed by atoms with Crippen molar-refractivity contribution in [3.05, 3.63) is 0 Å². The Morgan fingerprint density at radius 3 is 2.09 bits per heavy atom. The Kier molecular flexibility index (Phi) is 2.94. The first-order chi connectivity index (χ1) is 5.16. The average molecular weight is 155 g/mol. The highest BCUT2D eigenvalue weighted by Gasteiger charge is 2.29. The zero-order valence-corrected chi connectivity index (χ0v) is 8.30. The fraction of sp³-hybridized carbons (Fsp3) is 1.00. The molecule has 0 aromatic rings. The normalized spacial score (nSPS) is 36.0. The van der Waals surface area contributed by atoms with E-state index in [0.717, 1.165) is 18.1 Å². The van der Waals surface area contributed by atoms with Gasteiger partial charge in [0.15, 0.2) is 0 Å². The number of likely N-dealkylation sites (tertiary alicyclic amines) is 1. The molecule has 0 amide bonds. The van der Waals surface area contributed by atoms with E-state index in [1.807, 2.05) is 0 Å². The molecule has 0 saturated carbocycles. The van der Waals surface area contributed by atoms with Crippen LogP contribution in [-0.4, -0.2) is 23.0 Å². The molecular formula is C10H21N. The first-order valence-corrected chi connectivity index (χ1v) is 4.94. The smallest absolute Gasteiger partial charge is 0.00731 e. The van der Waals surface area contributed by atoms with Crippen molar-refractivity contribution in [1.29, 1.82) is 0 Å². The molecule has 1 aliphatic rings. The van der Waals surface area contributed by atoms with Crippen molar-refractivity contribution in [2.45, 2.75) is 65.1 Å². The van der Waals surface area contributed by atoms with Gasteiger partial charge in [0.1, 0.15) is 0 Å². The molecule has 11 heavy (non-hydrogen) atoms. The van der Waals surface area contributed by atoms with Crippen LogP contribution in [0.15, 0.2) is 0 Å². The highest BCUT2D eigenvalue weighted by Crippen LogP contribution is 2.26. The molecule has 0 aromatic heterocycles. The quantitative estimate of drug-likeness (QED) is 0.592. The fourth-order valence-electron chi connectivity index (χ4n) is 2.29. The van der Waals surface area contributed by atoms with Crippen LogP contribution < -0.4 is 0 Å². The van der Waals surface area contributed by atoms with Crippen LogP contribution in [0.5, 0.6) is 0 Å². The third-order valence-electron chi connectivity index (χ3n) is 3.12. The number of hydrogen-bond acceptors (Lipinski definition) is 1. The summed E-state index contributed by atoms with van der Waals surface area (Å²) in [4.78, 5) is 2.67. The lowest BCUT2D eigenvalue weighted by molar-refractivity contribution is 0.152. The molecule has 1 fully saturated rings. The minimum atomic E-state index is 0.780. The van der Waals surface area contributed by atoms with Crippen LogP contribution in [0.3, 0.4) is 0 Å². The van der Waals surface area contributed by atoms with Gasteiger partial charge in [-0.15, -0.1) is 0 Å². The maximum atomic E-state index is 2.67. The van der Waals surface area contributed by atoms with Crippen LogP contribution >= 0.6 is 0 Å². The lowest BCUT2D eigenvalue weighted by atomic mass is 10.2. The van der Waals surface area contributed by atoms with Crippen LogP contribution in [-0.2, 0) is 0 Å². The summed E-state index contributed by atoms with van der Waals surface area (Å²) in [5.41, 5.74) is 0. The Morgan fingerprint density at radius 2 is 1.73 bits per heavy atom. The zero-order valence-electron chi connectivity index (χ0n) is 8.30. The van der Waals surface area contributed by atoms with Crippen molar-refractivity contribution < 1.29 is 0 Å². The minimum Gasteiger partial charge on any atom is -0.295 e. The summed E-state index contributed by atoms with van der Waals surface area (Å²) in [6.45, 7) is 9.34. The summed E-state index contributed by atoms with van der Waals surface area (Å²) in [7, 11) is 0. The molecule has 1 nitrogen and oxygen atoms in total. The molecule has 1 saturated heterocycles. The van der Waals surface area contributed by atoms with Gasteiger partial charge in [-0.3, -0.25) is 4.90 Å². The van der Waals surface area contributed by atoms with E-state index in [0.29, 0.717) is 0 Å². The van der Waals surface area contributed by atoms with Gasteiger partial charge in [-0.1, -0.05) is 6.92 Å². The first-order valence-electron chi connectivity index (χ1n) is 4.94. The van der Waals surface area contributed by atoms with Crippen molar-refractivity contribution in [2.24, 2.45) is 0 Å². The summed E-state index contributed by atoms with van der Waals surface area (Å²) in [5, 5.41) is 0. The standard InChI is InChI=1S/C10H21N/c1-5-8(2)11-9(3)6-7-10(11)4/h8-10H,5-7H2,1-4H3. The predicted molar refractivity (Wildman–Crippen MR) is 49.8 cm³/mol. The van der Waals surface area contributed by atoms with E-state index in [1.54, 1.807) is 0 Å². The summed E-state index contributed by atoms with van der Waals surface area (Å²) >= 11 is 0. The monoisotopic (exact) mass is 155 g/mol. The summed E-state index contributed by atoms with van der Waals surface area (Å²) in [5.74, 6) is 0. The van der Waals surface area contributed by atoms with Crippen LogP contribution in [0.1, 0.15) is 47.0 Å². The zero-order chi connectivity index (χ0) is 8.43. The average Bonchev–Trinajstić information content (AvgIpc) is 2.30. The van der Waals surface area contributed by atoms with Crippen LogP contribution in [0.25, 0.3) is 0 Å². The van der Waals surface area contributed by atoms with Crippen molar-refractivity contribution in [3.8, 4) is 0 Å². The van der Waals surface area contributed by atoms with Crippen LogP contribution in [0.4, 0.5) is 0 Å². The predicted octanol–water partition coefficient (Wildman–Crippen LogP) is 2.66. The van der Waals surface area contributed by atoms with Crippen molar-refractivity contribution >= 4 is 0 Å². The second kappa shape index (κ2) is 3.57. The van der Waals surface area contributed by atoms with E-state index < -0.39 is 0 Å². The Hall–Kier alpha value is -0.0400. The SMILES string of the molecule is CCC(C)N1C(C)CCC1C. The molecule has 0 spiro atoms. The van der Waals surface area contributed by atoms with Crippen LogP contribution in [0.2, 0.25) is 0 Å². The maximum absolute atomic E-state index is 2.67. The summed E-state index contributed by atoms with van der Waals surface area (Å²) < 4.78 is 0. The Balaban J connectivity index is 2.53. The third-order valence-corrected chi connectivity index (χ3v) is 3.12. The van der Waals surface area contributed by atoms with Gasteiger partial charge in [-0.25, -0.2) is 0 Å². The second-order valence-electron chi connectivity index (χ2n) is 3.98. The van der Waals surface area contributed by atoms with Gasteiger partial charge >= 0.3 is 0 Å². The lowest BCUT2D eigenvalue weighted by Gasteiger charge is -2.31. The molecule has 0 radical (unpaired) electrons. The Labute approximate surface area is 70.8 Å². The van der Waals surface area contributed by atoms with Gasteiger partial charge in [0.05, 0.1) is 0 Å². The fourth-order valence-corrected chi connectivity index (χ4v) is 2.29. The summed E-state index contributed by atoms with van der Waals surface area (Å²) in [6, 6.07) is 2.42. The van der Waals surface area contributed by atoms with Gasteiger partial charge in [-0.05, 0) is 40.0 Å². The molecule has 66 valence electrons. The van der Waals surface area contributed by atoms with Gasteiger partial charge in [0.2, 0.25) is 0 Å². The number of nitrogens with zero attached hydrogens (tertiary/aromatic N) is 1. The highest BCUT2D eigenvalue weighted by molar-refractivity contribution is 4.85. The minimum absolute atomic E-state index is 0.780. The largest absolute Gasteiger partial charge is 0.295 e. The Morgan fingerprint density at radius 1 is 1.27 bits per heavy atom. The first kappa shape index (κ1) is 9.05. The third kappa shape index (κ3) is 1.76. The molecule has 0 aliphatic carbocycles. The van der Waals surface area contributed by atoms with Gasteiger partial charge in [0, 0.05) is 18.1 Å². The van der Waals surface area contributed by atoms with Gasteiger partial charge in [0.25, 0.3) is 0 Å². The Bertz CT molecular complexity index is 112. The van der Waals surface area contributed by atoms with E-state index in [1.165, 1.54) is 19.3 Å². The number of rotatable bonds is 2. The van der Waals surface area contributed by atoms with Gasteiger partial charge in [-0.2, -0.15) is 0 Å². The molecule has 0 N–H and O–H groups in total. The highest BCUT2D eigenvalue weighted by atomic mass is 15.2. The van der Waals surface area contributed by atoms with Crippen molar-refractivity contribution in [3.63, 3.8) is 0 Å². The molecule has 0 bridgehead atoms. The maximum Gasteiger partial charge on any atom is 0.00731 e. The molecule has 1 heteroatoms. The lowest BCUT2D eigenvalue weighted by Crippen LogP contribution is -2.39. The molecule has 3 atom stereocenters. The molecule has 1 heterocycles. The van der Waals surface area contributed by atoms with Crippen molar-refractivity contribution in [2.75, 3.05) is 0 Å². The van der Waals surface area contributed by atoms with E-state index in [2.05, 4.69) is 32.6 Å². The molecule has 3 unspecified atom stereocenters. The van der Waals surface area contributed by atoms with E-state index >= 15 is 0 Å². The van der Waals surface area contributed by atoms with Crippen molar-refractivity contribution in [1.82, 2.24) is 4.90 Å². The molecule has 1 aliphatic heterocycles. The topological polar surface area (TPSA) is 3.24 Å². The van der Waals surface area contributed by atoms with E-state index in [9.17, 15) is 0 Å². The van der Waals surface area contributed by atoms with Gasteiger partial charge < -0.3 is 0 Å². The van der Waals surface area contributed by atoms with Crippen LogP contribution in [0, 0.1) is 0 Å². The van der Waals surface area contributed by atoms with E-state index in [4.69, 9.17) is 0 Å². The molecule has 1 rings (SSSR count). The van der Waals surface area contributed by atoms with E-state index in [-0.39, 0.29) is 0 Å².